The summed E-state index contributed by atoms with van der Waals surface area (Å²) in [6, 6.07) is 35.9. The lowest BCUT2D eigenvalue weighted by Gasteiger charge is -2.07. The van der Waals surface area contributed by atoms with Gasteiger partial charge in [-0.25, -0.2) is 0 Å². The average Bonchev–Trinajstić information content (AvgIpc) is 3.22. The summed E-state index contributed by atoms with van der Waals surface area (Å²) < 4.78 is 6.17. The molecule has 0 aliphatic rings. The van der Waals surface area contributed by atoms with Crippen molar-refractivity contribution in [1.29, 1.82) is 0 Å². The Balaban J connectivity index is 1.43. The highest BCUT2D eigenvalue weighted by molar-refractivity contribution is 6.16. The average molecular weight is 398 g/mol. The van der Waals surface area contributed by atoms with Gasteiger partial charge in [-0.05, 0) is 22.4 Å². The van der Waals surface area contributed by atoms with E-state index < -0.39 is 0 Å². The van der Waals surface area contributed by atoms with Crippen LogP contribution in [0.25, 0.3) is 43.8 Å². The van der Waals surface area contributed by atoms with Crippen LogP contribution in [0.4, 0.5) is 0 Å². The highest BCUT2D eigenvalue weighted by Crippen LogP contribution is 2.35. The van der Waals surface area contributed by atoms with Crippen LogP contribution >= 0.6 is 0 Å². The van der Waals surface area contributed by atoms with Gasteiger partial charge in [-0.1, -0.05) is 103 Å². The van der Waals surface area contributed by atoms with Gasteiger partial charge in [-0.2, -0.15) is 0 Å². The highest BCUT2D eigenvalue weighted by atomic mass is 16.3. The lowest BCUT2D eigenvalue weighted by atomic mass is 9.95. The number of furan rings is 1. The van der Waals surface area contributed by atoms with Crippen molar-refractivity contribution in [3.05, 3.63) is 120 Å². The maximum Gasteiger partial charge on any atom is 0.193 e. The quantitative estimate of drug-likeness (QED) is 0.287. The molecule has 0 unspecified atom stereocenters. The molecule has 0 spiro atoms. The fraction of sp³-hybridized carbons (Fsp3) is 0. The predicted molar refractivity (Wildman–Crippen MR) is 127 cm³/mol. The molecule has 2 nitrogen and oxygen atoms in total. The standard InChI is InChI=1S/C29H18O2/c30-28(25-12-5-8-19-7-1-2-9-22(19)25)21-17-15-20(16-18-21)23-11-6-13-26-24-10-3-4-14-27(24)31-29(23)26/h1-18H. The van der Waals surface area contributed by atoms with E-state index in [9.17, 15) is 4.79 Å². The molecule has 0 amide bonds. The molecule has 0 atom stereocenters. The Labute approximate surface area is 179 Å². The molecule has 5 aromatic carbocycles. The third-order valence-electron chi connectivity index (χ3n) is 5.90. The van der Waals surface area contributed by atoms with Crippen LogP contribution in [0.5, 0.6) is 0 Å². The van der Waals surface area contributed by atoms with E-state index in [-0.39, 0.29) is 5.78 Å². The first-order chi connectivity index (χ1) is 15.3. The molecule has 31 heavy (non-hydrogen) atoms. The minimum absolute atomic E-state index is 0.0327. The molecule has 1 heterocycles. The Hall–Kier alpha value is -4.17. The normalized spacial score (nSPS) is 11.4. The van der Waals surface area contributed by atoms with Crippen molar-refractivity contribution >= 4 is 38.5 Å². The number of rotatable bonds is 3. The van der Waals surface area contributed by atoms with Crippen LogP contribution in [0.15, 0.2) is 114 Å². The molecule has 0 saturated carbocycles. The van der Waals surface area contributed by atoms with Gasteiger partial charge in [0.1, 0.15) is 11.2 Å². The molecule has 2 heteroatoms. The molecule has 0 aliphatic heterocycles. The van der Waals surface area contributed by atoms with Gasteiger partial charge in [-0.15, -0.1) is 0 Å². The van der Waals surface area contributed by atoms with Gasteiger partial charge in [0, 0.05) is 27.5 Å². The maximum atomic E-state index is 13.2. The van der Waals surface area contributed by atoms with Crippen LogP contribution in [-0.4, -0.2) is 5.78 Å². The van der Waals surface area contributed by atoms with Crippen LogP contribution in [0, 0.1) is 0 Å². The van der Waals surface area contributed by atoms with E-state index in [2.05, 4.69) is 24.3 Å². The zero-order valence-electron chi connectivity index (χ0n) is 16.7. The molecule has 0 saturated heterocycles. The Kier molecular flexibility index (Phi) is 3.97. The van der Waals surface area contributed by atoms with Gasteiger partial charge in [0.05, 0.1) is 0 Å². The van der Waals surface area contributed by atoms with E-state index in [1.807, 2.05) is 84.9 Å². The van der Waals surface area contributed by atoms with Crippen molar-refractivity contribution in [3.8, 4) is 11.1 Å². The van der Waals surface area contributed by atoms with E-state index in [4.69, 9.17) is 4.42 Å². The fourth-order valence-corrected chi connectivity index (χ4v) is 4.35. The minimum Gasteiger partial charge on any atom is -0.455 e. The third kappa shape index (κ3) is 2.84. The fourth-order valence-electron chi connectivity index (χ4n) is 4.35. The molecular weight excluding hydrogens is 380 g/mol. The summed E-state index contributed by atoms with van der Waals surface area (Å²) in [7, 11) is 0. The molecule has 0 N–H and O–H groups in total. The van der Waals surface area contributed by atoms with Gasteiger partial charge in [0.25, 0.3) is 0 Å². The van der Waals surface area contributed by atoms with Crippen molar-refractivity contribution in [2.45, 2.75) is 0 Å². The summed E-state index contributed by atoms with van der Waals surface area (Å²) in [5, 5.41) is 4.26. The second-order valence-electron chi connectivity index (χ2n) is 7.71. The Bertz CT molecular complexity index is 1580. The molecule has 0 bridgehead atoms. The van der Waals surface area contributed by atoms with Crippen molar-refractivity contribution in [1.82, 2.24) is 0 Å². The highest BCUT2D eigenvalue weighted by Gasteiger charge is 2.14. The van der Waals surface area contributed by atoms with Crippen molar-refractivity contribution < 1.29 is 9.21 Å². The smallest absolute Gasteiger partial charge is 0.193 e. The summed E-state index contributed by atoms with van der Waals surface area (Å²) in [4.78, 5) is 13.2. The van der Waals surface area contributed by atoms with Crippen LogP contribution in [0.1, 0.15) is 15.9 Å². The summed E-state index contributed by atoms with van der Waals surface area (Å²) in [5.74, 6) is 0.0327. The number of carbonyl (C=O) groups excluding carboxylic acids is 1. The minimum atomic E-state index is 0.0327. The largest absolute Gasteiger partial charge is 0.455 e. The van der Waals surface area contributed by atoms with E-state index in [0.717, 1.165) is 49.4 Å². The van der Waals surface area contributed by atoms with Crippen molar-refractivity contribution in [3.63, 3.8) is 0 Å². The van der Waals surface area contributed by atoms with Gasteiger partial charge < -0.3 is 4.42 Å². The second-order valence-corrected chi connectivity index (χ2v) is 7.71. The Morgan fingerprint density at radius 3 is 2.13 bits per heavy atom. The number of para-hydroxylation sites is 2. The first kappa shape index (κ1) is 17.7. The van der Waals surface area contributed by atoms with Crippen LogP contribution in [0.3, 0.4) is 0 Å². The van der Waals surface area contributed by atoms with Crippen LogP contribution in [-0.2, 0) is 0 Å². The molecule has 6 aromatic rings. The zero-order chi connectivity index (χ0) is 20.8. The topological polar surface area (TPSA) is 30.2 Å². The Morgan fingerprint density at radius 1 is 0.581 bits per heavy atom. The van der Waals surface area contributed by atoms with Crippen molar-refractivity contribution in [2.24, 2.45) is 0 Å². The van der Waals surface area contributed by atoms with Gasteiger partial charge in [0.2, 0.25) is 0 Å². The van der Waals surface area contributed by atoms with E-state index in [0.29, 0.717) is 5.56 Å². The molecule has 6 rings (SSSR count). The summed E-state index contributed by atoms with van der Waals surface area (Å²) in [6.45, 7) is 0. The maximum absolute atomic E-state index is 13.2. The molecule has 0 radical (unpaired) electrons. The summed E-state index contributed by atoms with van der Waals surface area (Å²) >= 11 is 0. The summed E-state index contributed by atoms with van der Waals surface area (Å²) in [5.41, 5.74) is 5.21. The Morgan fingerprint density at radius 2 is 1.26 bits per heavy atom. The zero-order valence-corrected chi connectivity index (χ0v) is 16.7. The van der Waals surface area contributed by atoms with E-state index >= 15 is 0 Å². The van der Waals surface area contributed by atoms with E-state index in [1.165, 1.54) is 0 Å². The molecule has 146 valence electrons. The first-order valence-electron chi connectivity index (χ1n) is 10.3. The van der Waals surface area contributed by atoms with Crippen LogP contribution < -0.4 is 0 Å². The SMILES string of the molecule is O=C(c1ccc(-c2cccc3c2oc2ccccc23)cc1)c1cccc2ccccc12. The molecule has 0 fully saturated rings. The summed E-state index contributed by atoms with van der Waals surface area (Å²) in [6.07, 6.45) is 0. The van der Waals surface area contributed by atoms with Gasteiger partial charge in [-0.3, -0.25) is 4.79 Å². The van der Waals surface area contributed by atoms with Gasteiger partial charge >= 0.3 is 0 Å². The molecular formula is C29H18O2. The first-order valence-corrected chi connectivity index (χ1v) is 10.3. The number of carbonyl (C=O) groups is 1. The lowest BCUT2D eigenvalue weighted by molar-refractivity contribution is 0.104. The van der Waals surface area contributed by atoms with Crippen LogP contribution in [0.2, 0.25) is 0 Å². The second kappa shape index (κ2) is 6.96. The third-order valence-corrected chi connectivity index (χ3v) is 5.90. The number of fused-ring (bicyclic) bond motifs is 4. The monoisotopic (exact) mass is 398 g/mol. The molecule has 0 aliphatic carbocycles. The number of hydrogen-bond donors (Lipinski definition) is 0. The van der Waals surface area contributed by atoms with Crippen molar-refractivity contribution in [2.75, 3.05) is 0 Å². The predicted octanol–water partition coefficient (Wildman–Crippen LogP) is 7.64. The molecule has 1 aromatic heterocycles. The number of hydrogen-bond acceptors (Lipinski definition) is 2. The lowest BCUT2D eigenvalue weighted by Crippen LogP contribution is -2.02. The number of benzene rings is 5. The van der Waals surface area contributed by atoms with E-state index in [1.54, 1.807) is 0 Å². The number of ketones is 1. The van der Waals surface area contributed by atoms with Gasteiger partial charge in [0.15, 0.2) is 5.78 Å².